The molecule has 33 heavy (non-hydrogen) atoms. The maximum Gasteiger partial charge on any atom is 0.228 e. The number of nitrogens with zero attached hydrogens (tertiary/aromatic N) is 5. The number of hydrogen-bond donors (Lipinski definition) is 2. The van der Waals surface area contributed by atoms with E-state index in [0.29, 0.717) is 28.5 Å². The summed E-state index contributed by atoms with van der Waals surface area (Å²) >= 11 is 5.95. The predicted molar refractivity (Wildman–Crippen MR) is 128 cm³/mol. The molecule has 2 aromatic heterocycles. The van der Waals surface area contributed by atoms with Crippen LogP contribution in [0.3, 0.4) is 0 Å². The molecule has 0 spiro atoms. The van der Waals surface area contributed by atoms with E-state index < -0.39 is 10.8 Å². The van der Waals surface area contributed by atoms with Crippen LogP contribution in [0.5, 0.6) is 0 Å². The molecule has 1 saturated carbocycles. The van der Waals surface area contributed by atoms with Gasteiger partial charge in [0.25, 0.3) is 0 Å². The van der Waals surface area contributed by atoms with Gasteiger partial charge in [-0.2, -0.15) is 4.98 Å². The Hall–Kier alpha value is -2.10. The first-order valence-corrected chi connectivity index (χ1v) is 13.4. The molecule has 6 rings (SSSR count). The van der Waals surface area contributed by atoms with E-state index in [1.54, 1.807) is 12.4 Å². The van der Waals surface area contributed by atoms with Gasteiger partial charge in [0.1, 0.15) is 10.7 Å². The second kappa shape index (κ2) is 8.29. The van der Waals surface area contributed by atoms with Gasteiger partial charge in [0, 0.05) is 30.6 Å². The van der Waals surface area contributed by atoms with Crippen molar-refractivity contribution in [2.75, 3.05) is 29.1 Å². The van der Waals surface area contributed by atoms with Gasteiger partial charge in [-0.05, 0) is 50.5 Å². The lowest BCUT2D eigenvalue weighted by atomic mass is 9.77. The Labute approximate surface area is 200 Å². The number of nitrogens with one attached hydrogen (secondary N) is 1. The Balaban J connectivity index is 1.35. The second-order valence-electron chi connectivity index (χ2n) is 9.57. The summed E-state index contributed by atoms with van der Waals surface area (Å²) in [7, 11) is -1.13. The number of aliphatic hydroxyl groups excluding tert-OH is 1. The van der Waals surface area contributed by atoms with Gasteiger partial charge >= 0.3 is 0 Å². The zero-order valence-electron chi connectivity index (χ0n) is 18.3. The highest BCUT2D eigenvalue weighted by Gasteiger charge is 2.43. The van der Waals surface area contributed by atoms with Crippen molar-refractivity contribution < 1.29 is 9.32 Å². The Morgan fingerprint density at radius 3 is 2.70 bits per heavy atom. The van der Waals surface area contributed by atoms with Crippen LogP contribution in [0.4, 0.5) is 11.8 Å². The van der Waals surface area contributed by atoms with Crippen molar-refractivity contribution in [3.05, 3.63) is 35.0 Å². The molecule has 2 fully saturated rings. The van der Waals surface area contributed by atoms with Crippen LogP contribution in [0.15, 0.2) is 23.4 Å². The molecule has 2 N–H and O–H groups in total. The lowest BCUT2D eigenvalue weighted by Crippen LogP contribution is -2.49. The minimum absolute atomic E-state index is 0.0509. The van der Waals surface area contributed by atoms with Crippen molar-refractivity contribution in [2.24, 2.45) is 5.92 Å². The highest BCUT2D eigenvalue weighted by Crippen LogP contribution is 2.44. The van der Waals surface area contributed by atoms with E-state index >= 15 is 0 Å². The average Bonchev–Trinajstić information content (AvgIpc) is 3.35. The highest BCUT2D eigenvalue weighted by molar-refractivity contribution is 7.85. The van der Waals surface area contributed by atoms with Crippen LogP contribution < -0.4 is 10.2 Å². The number of aryl methyl sites for hydroxylation is 1. The third-order valence-electron chi connectivity index (χ3n) is 7.43. The lowest BCUT2D eigenvalue weighted by molar-refractivity contribution is 0.143. The minimum atomic E-state index is -1.13. The summed E-state index contributed by atoms with van der Waals surface area (Å²) in [6.45, 7) is 0.851. The zero-order valence-corrected chi connectivity index (χ0v) is 19.9. The predicted octanol–water partition coefficient (Wildman–Crippen LogP) is 2.98. The third-order valence-corrected chi connectivity index (χ3v) is 9.17. The molecule has 8 nitrogen and oxygen atoms in total. The van der Waals surface area contributed by atoms with Crippen molar-refractivity contribution in [3.8, 4) is 0 Å². The van der Waals surface area contributed by atoms with Gasteiger partial charge in [0.05, 0.1) is 39.7 Å². The Bertz CT molecular complexity index is 1130. The largest absolute Gasteiger partial charge is 0.394 e. The molecule has 2 unspecified atom stereocenters. The Kier molecular flexibility index (Phi) is 5.38. The minimum Gasteiger partial charge on any atom is -0.394 e. The number of aromatic nitrogens is 4. The fourth-order valence-electron chi connectivity index (χ4n) is 5.45. The fraction of sp³-hybridized carbons (Fsp3) is 0.565. The summed E-state index contributed by atoms with van der Waals surface area (Å²) in [5.74, 6) is 3.03. The molecule has 0 radical (unpaired) electrons. The van der Waals surface area contributed by atoms with E-state index in [2.05, 4.69) is 26.3 Å². The molecule has 2 aliphatic carbocycles. The molecule has 10 heteroatoms. The summed E-state index contributed by atoms with van der Waals surface area (Å²) in [5.41, 5.74) is 1.69. The van der Waals surface area contributed by atoms with Crippen molar-refractivity contribution in [1.82, 2.24) is 19.9 Å². The van der Waals surface area contributed by atoms with Gasteiger partial charge in [-0.25, -0.2) is 15.0 Å². The normalized spacial score (nSPS) is 27.5. The highest BCUT2D eigenvalue weighted by atomic mass is 35.5. The summed E-state index contributed by atoms with van der Waals surface area (Å²) in [4.78, 5) is 21.7. The smallest absolute Gasteiger partial charge is 0.228 e. The van der Waals surface area contributed by atoms with Crippen LogP contribution in [0.1, 0.15) is 50.0 Å². The van der Waals surface area contributed by atoms with Crippen molar-refractivity contribution in [1.29, 1.82) is 0 Å². The summed E-state index contributed by atoms with van der Waals surface area (Å²) in [5, 5.41) is 14.1. The van der Waals surface area contributed by atoms with Gasteiger partial charge in [-0.15, -0.1) is 0 Å². The molecule has 2 aliphatic heterocycles. The number of aliphatic hydroxyl groups is 1. The standard InChI is InChI=1S/C23H27ClN6O2S/c24-15-10-25-20(26-11-15)17-9-16-8-14(17)12-30(16)22-27-18-4-1-2-7-33(32)19(18)21(28-22)29-23(13-31)5-3-6-23/h9-11,14,16,31H,1-8,12-13H2,(H,27,28,29)/t14?,16?,33-/m1/s1. The molecule has 4 heterocycles. The number of rotatable bonds is 5. The maximum absolute atomic E-state index is 13.1. The van der Waals surface area contributed by atoms with Gasteiger partial charge in [0.2, 0.25) is 5.95 Å². The van der Waals surface area contributed by atoms with Crippen LogP contribution in [0.25, 0.3) is 5.57 Å². The molecule has 3 atom stereocenters. The van der Waals surface area contributed by atoms with Crippen molar-refractivity contribution in [3.63, 3.8) is 0 Å². The van der Waals surface area contributed by atoms with Crippen LogP contribution >= 0.6 is 11.6 Å². The zero-order chi connectivity index (χ0) is 22.6. The summed E-state index contributed by atoms with van der Waals surface area (Å²) in [6.07, 6.45) is 12.0. The monoisotopic (exact) mass is 486 g/mol. The first-order chi connectivity index (χ1) is 16.0. The van der Waals surface area contributed by atoms with Crippen LogP contribution in [-0.4, -0.2) is 59.7 Å². The number of halogens is 1. The lowest BCUT2D eigenvalue weighted by Gasteiger charge is -2.42. The van der Waals surface area contributed by atoms with Crippen LogP contribution in [0, 0.1) is 5.92 Å². The Morgan fingerprint density at radius 2 is 2.03 bits per heavy atom. The van der Waals surface area contributed by atoms with Crippen molar-refractivity contribution >= 4 is 39.7 Å². The van der Waals surface area contributed by atoms with E-state index in [0.717, 1.165) is 73.5 Å². The molecule has 1 saturated heterocycles. The molecule has 0 amide bonds. The molecular formula is C23H27ClN6O2S. The van der Waals surface area contributed by atoms with E-state index in [4.69, 9.17) is 21.6 Å². The first-order valence-electron chi connectivity index (χ1n) is 11.7. The number of hydrogen-bond acceptors (Lipinski definition) is 8. The number of anilines is 2. The first kappa shape index (κ1) is 21.4. The molecule has 2 aromatic rings. The Morgan fingerprint density at radius 1 is 1.21 bits per heavy atom. The van der Waals surface area contributed by atoms with Gasteiger partial charge in [-0.3, -0.25) is 4.21 Å². The SMILES string of the molecule is O=[S@@]1CCCCc2nc(N3CC4CC3C=C4c3ncc(Cl)cn3)nc(NC3(CO)CCC3)c21. The number of fused-ring (bicyclic) bond motifs is 3. The van der Waals surface area contributed by atoms with Gasteiger partial charge in [0.15, 0.2) is 5.82 Å². The van der Waals surface area contributed by atoms with Gasteiger partial charge < -0.3 is 15.3 Å². The van der Waals surface area contributed by atoms with Crippen LogP contribution in [0.2, 0.25) is 5.02 Å². The second-order valence-corrected chi connectivity index (χ2v) is 11.5. The molecule has 2 bridgehead atoms. The van der Waals surface area contributed by atoms with Crippen LogP contribution in [-0.2, 0) is 17.2 Å². The molecule has 174 valence electrons. The summed E-state index contributed by atoms with van der Waals surface area (Å²) < 4.78 is 13.1. The fourth-order valence-corrected chi connectivity index (χ4v) is 6.94. The van der Waals surface area contributed by atoms with Crippen molar-refractivity contribution in [2.45, 2.75) is 61.4 Å². The van der Waals surface area contributed by atoms with E-state index in [1.807, 2.05) is 0 Å². The van der Waals surface area contributed by atoms with E-state index in [-0.39, 0.29) is 18.2 Å². The third kappa shape index (κ3) is 3.74. The quantitative estimate of drug-likeness (QED) is 0.664. The topological polar surface area (TPSA) is 104 Å². The van der Waals surface area contributed by atoms with E-state index in [1.165, 1.54) is 0 Å². The molecular weight excluding hydrogens is 460 g/mol. The summed E-state index contributed by atoms with van der Waals surface area (Å²) in [6, 6.07) is 0.182. The maximum atomic E-state index is 13.1. The molecule has 0 aromatic carbocycles. The van der Waals surface area contributed by atoms with Gasteiger partial charge in [-0.1, -0.05) is 17.7 Å². The average molecular weight is 487 g/mol. The molecule has 4 aliphatic rings. The van der Waals surface area contributed by atoms with E-state index in [9.17, 15) is 9.32 Å².